The Labute approximate surface area is 548 Å². The molecule has 17 nitrogen and oxygen atoms in total. The summed E-state index contributed by atoms with van der Waals surface area (Å²) in [5.41, 5.74) is 0. The summed E-state index contributed by atoms with van der Waals surface area (Å²) < 4.78 is 68.2. The minimum Gasteiger partial charge on any atom is -0.462 e. The lowest BCUT2D eigenvalue weighted by molar-refractivity contribution is -0.161. The molecule has 19 heteroatoms. The summed E-state index contributed by atoms with van der Waals surface area (Å²) in [6, 6.07) is 0. The van der Waals surface area contributed by atoms with Crippen molar-refractivity contribution in [3.63, 3.8) is 0 Å². The van der Waals surface area contributed by atoms with Crippen LogP contribution in [-0.2, 0) is 65.4 Å². The van der Waals surface area contributed by atoms with Gasteiger partial charge in [-0.05, 0) is 69.1 Å². The first-order valence-electron chi connectivity index (χ1n) is 36.2. The summed E-state index contributed by atoms with van der Waals surface area (Å²) in [6.45, 7) is 11.7. The van der Waals surface area contributed by atoms with Crippen LogP contribution in [0.15, 0.2) is 24.3 Å². The van der Waals surface area contributed by atoms with Gasteiger partial charge in [0.05, 0.1) is 26.4 Å². The average Bonchev–Trinajstić information content (AvgIpc) is 3.72. The van der Waals surface area contributed by atoms with Crippen molar-refractivity contribution >= 4 is 39.5 Å². The molecule has 0 aliphatic carbocycles. The molecule has 3 N–H and O–H groups in total. The molecular formula is C71H134O17P2. The zero-order chi connectivity index (χ0) is 66.6. The topological polar surface area (TPSA) is 237 Å². The third kappa shape index (κ3) is 61.7. The second-order valence-electron chi connectivity index (χ2n) is 25.9. The van der Waals surface area contributed by atoms with Crippen molar-refractivity contribution in [2.45, 2.75) is 349 Å². The van der Waals surface area contributed by atoms with Crippen molar-refractivity contribution in [3.05, 3.63) is 24.3 Å². The number of carbonyl (C=O) groups is 4. The molecule has 0 saturated carbocycles. The van der Waals surface area contributed by atoms with Gasteiger partial charge in [-0.1, -0.05) is 278 Å². The summed E-state index contributed by atoms with van der Waals surface area (Å²) >= 11 is 0. The van der Waals surface area contributed by atoms with E-state index in [1.807, 2.05) is 0 Å². The number of phosphoric acid groups is 2. The van der Waals surface area contributed by atoms with Crippen LogP contribution in [0.1, 0.15) is 331 Å². The van der Waals surface area contributed by atoms with E-state index in [2.05, 4.69) is 72.8 Å². The van der Waals surface area contributed by atoms with Crippen LogP contribution in [0, 0.1) is 17.8 Å². The van der Waals surface area contributed by atoms with E-state index in [1.165, 1.54) is 116 Å². The van der Waals surface area contributed by atoms with E-state index >= 15 is 0 Å². The number of hydrogen-bond donors (Lipinski definition) is 3. The lowest BCUT2D eigenvalue weighted by atomic mass is 10.00. The maximum absolute atomic E-state index is 13.0. The highest BCUT2D eigenvalue weighted by Gasteiger charge is 2.30. The zero-order valence-electron chi connectivity index (χ0n) is 58.1. The maximum Gasteiger partial charge on any atom is 0.472 e. The molecule has 0 heterocycles. The normalized spacial score (nSPS) is 15.0. The number of ether oxygens (including phenoxy) is 4. The number of aliphatic hydroxyl groups is 1. The van der Waals surface area contributed by atoms with Gasteiger partial charge in [-0.2, -0.15) is 0 Å². The summed E-state index contributed by atoms with van der Waals surface area (Å²) in [5.74, 6) is 0.0736. The predicted octanol–water partition coefficient (Wildman–Crippen LogP) is 19.8. The molecule has 0 bridgehead atoms. The molecule has 0 aromatic heterocycles. The number of allylic oxidation sites excluding steroid dienone is 4. The highest BCUT2D eigenvalue weighted by atomic mass is 31.2. The van der Waals surface area contributed by atoms with Crippen LogP contribution in [0.3, 0.4) is 0 Å². The number of hydrogen-bond acceptors (Lipinski definition) is 15. The molecule has 0 saturated heterocycles. The average molecular weight is 1320 g/mol. The lowest BCUT2D eigenvalue weighted by Crippen LogP contribution is -2.30. The molecule has 90 heavy (non-hydrogen) atoms. The van der Waals surface area contributed by atoms with Gasteiger partial charge in [0.15, 0.2) is 12.2 Å². The third-order valence-corrected chi connectivity index (χ3v) is 18.4. The largest absolute Gasteiger partial charge is 0.472 e. The zero-order valence-corrected chi connectivity index (χ0v) is 59.9. The van der Waals surface area contributed by atoms with Gasteiger partial charge in [0.2, 0.25) is 0 Å². The van der Waals surface area contributed by atoms with Gasteiger partial charge in [-0.25, -0.2) is 9.13 Å². The van der Waals surface area contributed by atoms with Crippen LogP contribution in [-0.4, -0.2) is 96.7 Å². The Morgan fingerprint density at radius 3 is 0.989 bits per heavy atom. The Morgan fingerprint density at radius 2 is 0.656 bits per heavy atom. The smallest absolute Gasteiger partial charge is 0.462 e. The molecule has 4 unspecified atom stereocenters. The van der Waals surface area contributed by atoms with E-state index in [0.29, 0.717) is 25.7 Å². The van der Waals surface area contributed by atoms with Gasteiger partial charge in [-0.15, -0.1) is 0 Å². The Hall–Kier alpha value is -2.46. The van der Waals surface area contributed by atoms with E-state index < -0.39 is 97.5 Å². The van der Waals surface area contributed by atoms with Crippen molar-refractivity contribution < 1.29 is 80.2 Å². The summed E-state index contributed by atoms with van der Waals surface area (Å²) in [5, 5.41) is 10.6. The highest BCUT2D eigenvalue weighted by Crippen LogP contribution is 2.45. The van der Waals surface area contributed by atoms with Gasteiger partial charge in [0, 0.05) is 25.7 Å². The fourth-order valence-corrected chi connectivity index (χ4v) is 11.7. The number of rotatable bonds is 67. The van der Waals surface area contributed by atoms with Gasteiger partial charge in [-0.3, -0.25) is 37.3 Å². The first-order chi connectivity index (χ1) is 43.3. The van der Waals surface area contributed by atoms with E-state index in [-0.39, 0.29) is 25.7 Å². The highest BCUT2D eigenvalue weighted by molar-refractivity contribution is 7.47. The Morgan fingerprint density at radius 1 is 0.367 bits per heavy atom. The second kappa shape index (κ2) is 61.4. The summed E-state index contributed by atoms with van der Waals surface area (Å²) in [4.78, 5) is 72.5. The Balaban J connectivity index is 5.29. The lowest BCUT2D eigenvalue weighted by Gasteiger charge is -2.21. The molecule has 0 rings (SSSR count). The maximum atomic E-state index is 13.0. The van der Waals surface area contributed by atoms with Crippen molar-refractivity contribution in [2.75, 3.05) is 39.6 Å². The minimum atomic E-state index is -4.96. The van der Waals surface area contributed by atoms with Crippen LogP contribution in [0.4, 0.5) is 0 Å². The van der Waals surface area contributed by atoms with Gasteiger partial charge < -0.3 is 33.8 Å². The SMILES string of the molecule is CCCCCC/C=C\C=C/CCCCCCCC(=O)O[C@H](COC(=O)CCCCCCCCC(C)CC)COP(=O)(O)OC[C@@H](O)COP(=O)(O)OC[C@@H](COC(=O)CCCCCCCCC(C)CC)OC(=O)CCCCCCCCCCCCCCC(C)C. The van der Waals surface area contributed by atoms with Gasteiger partial charge >= 0.3 is 39.5 Å². The van der Waals surface area contributed by atoms with Crippen molar-refractivity contribution in [1.82, 2.24) is 0 Å². The van der Waals surface area contributed by atoms with Crippen molar-refractivity contribution in [3.8, 4) is 0 Å². The number of carbonyl (C=O) groups excluding carboxylic acids is 4. The number of aliphatic hydroxyl groups excluding tert-OH is 1. The first kappa shape index (κ1) is 87.5. The van der Waals surface area contributed by atoms with Crippen LogP contribution >= 0.6 is 15.6 Å². The second-order valence-corrected chi connectivity index (χ2v) is 28.8. The van der Waals surface area contributed by atoms with Crippen molar-refractivity contribution in [1.29, 1.82) is 0 Å². The molecule has 530 valence electrons. The molecule has 0 fully saturated rings. The van der Waals surface area contributed by atoms with Crippen LogP contribution in [0.25, 0.3) is 0 Å². The van der Waals surface area contributed by atoms with Gasteiger partial charge in [0.25, 0.3) is 0 Å². The number of unbranched alkanes of at least 4 members (excludes halogenated alkanes) is 30. The molecule has 0 spiro atoms. The first-order valence-corrected chi connectivity index (χ1v) is 39.2. The van der Waals surface area contributed by atoms with E-state index in [1.54, 1.807) is 0 Å². The molecule has 0 aliphatic rings. The quantitative estimate of drug-likeness (QED) is 0.0169. The third-order valence-electron chi connectivity index (χ3n) is 16.5. The van der Waals surface area contributed by atoms with Gasteiger partial charge in [0.1, 0.15) is 19.3 Å². The monoisotopic (exact) mass is 1320 g/mol. The van der Waals surface area contributed by atoms with Crippen LogP contribution in [0.2, 0.25) is 0 Å². The predicted molar refractivity (Wildman–Crippen MR) is 363 cm³/mol. The Kier molecular flexibility index (Phi) is 59.7. The molecule has 0 aliphatic heterocycles. The molecule has 0 aromatic rings. The molecule has 0 aromatic carbocycles. The van der Waals surface area contributed by atoms with E-state index in [4.69, 9.17) is 37.0 Å². The van der Waals surface area contributed by atoms with Crippen LogP contribution < -0.4 is 0 Å². The standard InChI is InChI=1S/C71H134O17P2/c1-8-11-12-13-14-15-16-17-18-19-23-26-29-40-47-54-70(75)87-66(58-81-68(73)52-45-38-33-31-36-43-50-63(6)9-2)60-85-89(77,78)83-56-65(72)57-84-90(79,80)86-61-67(59-82-69(74)53-46-39-34-32-37-44-51-64(7)10-3)88-71(76)55-48-41-30-27-24-21-20-22-25-28-35-42-49-62(4)5/h15-18,62-67,72H,8-14,19-61H2,1-7H3,(H,77,78)(H,79,80)/b16-15-,18-17-/t63?,64?,65-,66-,67-/m1/s1. The number of phosphoric ester groups is 2. The molecular weight excluding hydrogens is 1190 g/mol. The molecule has 0 amide bonds. The van der Waals surface area contributed by atoms with Crippen LogP contribution in [0.5, 0.6) is 0 Å². The fourth-order valence-electron chi connectivity index (χ4n) is 10.1. The summed E-state index contributed by atoms with van der Waals surface area (Å²) in [6.07, 6.45) is 48.0. The Bertz CT molecular complexity index is 1860. The minimum absolute atomic E-state index is 0.0836. The molecule has 0 radical (unpaired) electrons. The number of esters is 4. The molecule has 7 atom stereocenters. The summed E-state index contributed by atoms with van der Waals surface area (Å²) in [7, 11) is -9.92. The van der Waals surface area contributed by atoms with E-state index in [0.717, 1.165) is 133 Å². The fraction of sp³-hybridized carbons (Fsp3) is 0.887. The van der Waals surface area contributed by atoms with Crippen molar-refractivity contribution in [2.24, 2.45) is 17.8 Å². The van der Waals surface area contributed by atoms with E-state index in [9.17, 15) is 43.2 Å².